The highest BCUT2D eigenvalue weighted by Crippen LogP contribution is 2.27. The van der Waals surface area contributed by atoms with Crippen LogP contribution in [0, 0.1) is 0 Å². The van der Waals surface area contributed by atoms with Crippen molar-refractivity contribution < 1.29 is 14.0 Å². The lowest BCUT2D eigenvalue weighted by Gasteiger charge is -2.34. The fourth-order valence-corrected chi connectivity index (χ4v) is 4.25. The molecule has 1 aliphatic heterocycles. The topological polar surface area (TPSA) is 111 Å². The molecule has 1 fully saturated rings. The van der Waals surface area contributed by atoms with Crippen LogP contribution in [0.5, 0.6) is 0 Å². The van der Waals surface area contributed by atoms with Crippen LogP contribution >= 0.6 is 0 Å². The monoisotopic (exact) mass is 440 g/mol. The summed E-state index contributed by atoms with van der Waals surface area (Å²) in [6, 6.07) is 16.7. The predicted molar refractivity (Wildman–Crippen MR) is 122 cm³/mol. The van der Waals surface area contributed by atoms with Crippen LogP contribution in [0.15, 0.2) is 65.3 Å². The number of carbonyl (C=O) groups excluding carboxylic acids is 2. The first-order chi connectivity index (χ1) is 16.2. The number of furan rings is 1. The maximum Gasteiger partial charge on any atom is 0.289 e. The number of benzene rings is 2. The molecule has 5 aromatic rings. The van der Waals surface area contributed by atoms with Gasteiger partial charge in [-0.05, 0) is 42.5 Å². The SMILES string of the molecule is O=C(c1ccc2c(-c3nc4ccccc4[nH]3)n[nH]c2c1)N1CCN(C(=O)c2ccco2)CC1. The fraction of sp³-hybridized carbons (Fsp3) is 0.167. The number of carbonyl (C=O) groups is 2. The molecule has 33 heavy (non-hydrogen) atoms. The molecular formula is C24H20N6O3. The van der Waals surface area contributed by atoms with Gasteiger partial charge in [0, 0.05) is 37.1 Å². The molecule has 9 heteroatoms. The highest BCUT2D eigenvalue weighted by atomic mass is 16.3. The summed E-state index contributed by atoms with van der Waals surface area (Å²) < 4.78 is 5.20. The zero-order chi connectivity index (χ0) is 22.4. The largest absolute Gasteiger partial charge is 0.459 e. The molecule has 2 aromatic carbocycles. The first-order valence-electron chi connectivity index (χ1n) is 10.7. The van der Waals surface area contributed by atoms with Gasteiger partial charge in [0.15, 0.2) is 11.6 Å². The molecule has 3 aromatic heterocycles. The number of H-pyrrole nitrogens is 2. The highest BCUT2D eigenvalue weighted by molar-refractivity contribution is 6.01. The van der Waals surface area contributed by atoms with E-state index in [0.29, 0.717) is 49.0 Å². The van der Waals surface area contributed by atoms with E-state index >= 15 is 0 Å². The molecule has 164 valence electrons. The number of aromatic amines is 2. The number of nitrogens with zero attached hydrogens (tertiary/aromatic N) is 4. The first-order valence-corrected chi connectivity index (χ1v) is 10.7. The van der Waals surface area contributed by atoms with E-state index in [1.165, 1.54) is 6.26 Å². The lowest BCUT2D eigenvalue weighted by atomic mass is 10.1. The van der Waals surface area contributed by atoms with Crippen LogP contribution in [0.3, 0.4) is 0 Å². The van der Waals surface area contributed by atoms with Gasteiger partial charge in [0.1, 0.15) is 5.69 Å². The zero-order valence-corrected chi connectivity index (χ0v) is 17.6. The van der Waals surface area contributed by atoms with E-state index in [-0.39, 0.29) is 11.8 Å². The number of hydrogen-bond donors (Lipinski definition) is 2. The van der Waals surface area contributed by atoms with E-state index in [0.717, 1.165) is 21.9 Å². The van der Waals surface area contributed by atoms with Crippen molar-refractivity contribution in [3.05, 3.63) is 72.2 Å². The summed E-state index contributed by atoms with van der Waals surface area (Å²) in [7, 11) is 0. The van der Waals surface area contributed by atoms with Crippen molar-refractivity contribution in [1.82, 2.24) is 30.0 Å². The number of hydrogen-bond acceptors (Lipinski definition) is 5. The minimum atomic E-state index is -0.149. The summed E-state index contributed by atoms with van der Waals surface area (Å²) in [5.74, 6) is 0.782. The van der Waals surface area contributed by atoms with Gasteiger partial charge in [0.25, 0.3) is 11.8 Å². The van der Waals surface area contributed by atoms with E-state index in [2.05, 4.69) is 20.2 Å². The van der Waals surface area contributed by atoms with Gasteiger partial charge in [-0.25, -0.2) is 4.98 Å². The van der Waals surface area contributed by atoms with Crippen molar-refractivity contribution in [2.75, 3.05) is 26.2 Å². The molecular weight excluding hydrogens is 420 g/mol. The Morgan fingerprint density at radius 2 is 1.67 bits per heavy atom. The average molecular weight is 440 g/mol. The molecule has 9 nitrogen and oxygen atoms in total. The van der Waals surface area contributed by atoms with Gasteiger partial charge in [0.2, 0.25) is 0 Å². The van der Waals surface area contributed by atoms with Gasteiger partial charge < -0.3 is 19.2 Å². The third-order valence-corrected chi connectivity index (χ3v) is 6.01. The van der Waals surface area contributed by atoms with Gasteiger partial charge in [-0.3, -0.25) is 14.7 Å². The molecule has 2 amide bonds. The quantitative estimate of drug-likeness (QED) is 0.447. The smallest absolute Gasteiger partial charge is 0.289 e. The van der Waals surface area contributed by atoms with Crippen LogP contribution in [0.25, 0.3) is 33.5 Å². The number of fused-ring (bicyclic) bond motifs is 2. The molecule has 6 rings (SSSR count). The summed E-state index contributed by atoms with van der Waals surface area (Å²) >= 11 is 0. The van der Waals surface area contributed by atoms with Crippen LogP contribution in [-0.4, -0.2) is 68.0 Å². The number of para-hydroxylation sites is 2. The van der Waals surface area contributed by atoms with Gasteiger partial charge in [-0.2, -0.15) is 5.10 Å². The molecule has 0 saturated carbocycles. The average Bonchev–Trinajstić information content (AvgIpc) is 3.62. The van der Waals surface area contributed by atoms with Gasteiger partial charge >= 0.3 is 0 Å². The summed E-state index contributed by atoms with van der Waals surface area (Å²) in [5, 5.41) is 8.34. The van der Waals surface area contributed by atoms with Crippen LogP contribution in [0.2, 0.25) is 0 Å². The summed E-state index contributed by atoms with van der Waals surface area (Å²) in [5.41, 5.74) is 3.88. The van der Waals surface area contributed by atoms with Crippen molar-refractivity contribution in [2.45, 2.75) is 0 Å². The number of rotatable bonds is 3. The van der Waals surface area contributed by atoms with E-state index < -0.39 is 0 Å². The van der Waals surface area contributed by atoms with E-state index in [1.807, 2.05) is 42.5 Å². The normalized spacial score (nSPS) is 14.3. The second-order valence-electron chi connectivity index (χ2n) is 8.00. The van der Waals surface area contributed by atoms with Gasteiger partial charge in [-0.15, -0.1) is 0 Å². The molecule has 0 unspecified atom stereocenters. The molecule has 0 radical (unpaired) electrons. The van der Waals surface area contributed by atoms with Crippen molar-refractivity contribution in [2.24, 2.45) is 0 Å². The van der Waals surface area contributed by atoms with Crippen molar-refractivity contribution in [1.29, 1.82) is 0 Å². The molecule has 2 N–H and O–H groups in total. The highest BCUT2D eigenvalue weighted by Gasteiger charge is 2.27. The fourth-order valence-electron chi connectivity index (χ4n) is 4.25. The van der Waals surface area contributed by atoms with Gasteiger partial charge in [0.05, 0.1) is 22.8 Å². The lowest BCUT2D eigenvalue weighted by Crippen LogP contribution is -2.50. The molecule has 1 aliphatic rings. The Morgan fingerprint density at radius 3 is 2.42 bits per heavy atom. The molecule has 0 spiro atoms. The number of aromatic nitrogens is 4. The number of piperazine rings is 1. The van der Waals surface area contributed by atoms with Crippen LogP contribution in [-0.2, 0) is 0 Å². The third kappa shape index (κ3) is 3.34. The maximum atomic E-state index is 13.1. The second-order valence-corrected chi connectivity index (χ2v) is 8.00. The van der Waals surface area contributed by atoms with Crippen LogP contribution < -0.4 is 0 Å². The Labute approximate surface area is 188 Å². The molecule has 0 aliphatic carbocycles. The Kier molecular flexibility index (Phi) is 4.46. The molecule has 0 bridgehead atoms. The lowest BCUT2D eigenvalue weighted by molar-refractivity contribution is 0.0518. The molecule has 4 heterocycles. The zero-order valence-electron chi connectivity index (χ0n) is 17.6. The third-order valence-electron chi connectivity index (χ3n) is 6.01. The molecule has 1 saturated heterocycles. The number of amides is 2. The van der Waals surface area contributed by atoms with E-state index in [9.17, 15) is 9.59 Å². The van der Waals surface area contributed by atoms with Gasteiger partial charge in [-0.1, -0.05) is 12.1 Å². The Bertz CT molecular complexity index is 1440. The number of nitrogens with one attached hydrogen (secondary N) is 2. The summed E-state index contributed by atoms with van der Waals surface area (Å²) in [6.07, 6.45) is 1.48. The second kappa shape index (κ2) is 7.63. The minimum Gasteiger partial charge on any atom is -0.459 e. The standard InChI is InChI=1S/C24H20N6O3/c31-23(29-9-11-30(12-10-29)24(32)20-6-3-13-33-20)15-7-8-16-19(14-15)27-28-21(16)22-25-17-4-1-2-5-18(17)26-22/h1-8,13-14H,9-12H2,(H,25,26)(H,27,28). The summed E-state index contributed by atoms with van der Waals surface area (Å²) in [6.45, 7) is 1.87. The molecule has 0 atom stereocenters. The van der Waals surface area contributed by atoms with Crippen LogP contribution in [0.4, 0.5) is 0 Å². The Balaban J connectivity index is 1.20. The summed E-state index contributed by atoms with van der Waals surface area (Å²) in [4.78, 5) is 36.9. The first kappa shape index (κ1) is 19.3. The van der Waals surface area contributed by atoms with E-state index in [4.69, 9.17) is 4.42 Å². The predicted octanol–water partition coefficient (Wildman–Crippen LogP) is 3.30. The Hall–Kier alpha value is -4.40. The van der Waals surface area contributed by atoms with Crippen molar-refractivity contribution in [3.8, 4) is 11.5 Å². The Morgan fingerprint density at radius 1 is 0.879 bits per heavy atom. The van der Waals surface area contributed by atoms with Crippen molar-refractivity contribution >= 4 is 33.8 Å². The van der Waals surface area contributed by atoms with Crippen LogP contribution in [0.1, 0.15) is 20.9 Å². The minimum absolute atomic E-state index is 0.0677. The van der Waals surface area contributed by atoms with E-state index in [1.54, 1.807) is 21.9 Å². The number of imidazole rings is 1. The van der Waals surface area contributed by atoms with Crippen molar-refractivity contribution in [3.63, 3.8) is 0 Å². The maximum absolute atomic E-state index is 13.1.